The molecule has 2 N–H and O–H groups in total. The molecule has 1 aromatic carbocycles. The van der Waals surface area contributed by atoms with Crippen LogP contribution < -0.4 is 5.32 Å². The van der Waals surface area contributed by atoms with Gasteiger partial charge in [0.2, 0.25) is 0 Å². The fourth-order valence-corrected chi connectivity index (χ4v) is 3.86. The van der Waals surface area contributed by atoms with E-state index in [1.807, 2.05) is 30.3 Å². The number of likely N-dealkylation sites (tertiary alicyclic amines) is 1. The third-order valence-corrected chi connectivity index (χ3v) is 5.40. The molecule has 5 nitrogen and oxygen atoms in total. The standard InChI is InChI=1S/C19H25N3O2/c23-19(18-11-15-3-1-2-4-17(15)21-18)20-12-14-5-8-22(9-6-14)16-7-10-24-13-16/h1-4,11,14,16,21H,5-10,12-13H2,(H,20,23)/t16-/m1/s1. The van der Waals surface area contributed by atoms with Gasteiger partial charge >= 0.3 is 0 Å². The van der Waals surface area contributed by atoms with Gasteiger partial charge in [-0.25, -0.2) is 0 Å². The van der Waals surface area contributed by atoms with Gasteiger partial charge in [-0.3, -0.25) is 9.69 Å². The van der Waals surface area contributed by atoms with Crippen LogP contribution in [0.2, 0.25) is 0 Å². The summed E-state index contributed by atoms with van der Waals surface area (Å²) >= 11 is 0. The van der Waals surface area contributed by atoms with E-state index >= 15 is 0 Å². The molecule has 2 aliphatic heterocycles. The van der Waals surface area contributed by atoms with Crippen molar-refractivity contribution in [2.45, 2.75) is 25.3 Å². The quantitative estimate of drug-likeness (QED) is 0.906. The maximum absolute atomic E-state index is 12.4. The second-order valence-electron chi connectivity index (χ2n) is 6.98. The molecule has 1 aromatic heterocycles. The number of aromatic nitrogens is 1. The molecule has 0 aliphatic carbocycles. The molecule has 0 bridgehead atoms. The molecule has 2 aromatic rings. The van der Waals surface area contributed by atoms with Crippen molar-refractivity contribution >= 4 is 16.8 Å². The van der Waals surface area contributed by atoms with Gasteiger partial charge in [-0.15, -0.1) is 0 Å². The molecule has 0 radical (unpaired) electrons. The number of piperidine rings is 1. The molecule has 5 heteroatoms. The molecule has 24 heavy (non-hydrogen) atoms. The van der Waals surface area contributed by atoms with Gasteiger partial charge in [-0.1, -0.05) is 18.2 Å². The van der Waals surface area contributed by atoms with Gasteiger partial charge in [-0.05, 0) is 50.4 Å². The van der Waals surface area contributed by atoms with Gasteiger partial charge in [0.15, 0.2) is 0 Å². The first-order valence-electron chi connectivity index (χ1n) is 8.97. The van der Waals surface area contributed by atoms with Gasteiger partial charge in [0.25, 0.3) is 5.91 Å². The number of amides is 1. The maximum atomic E-state index is 12.4. The Morgan fingerprint density at radius 1 is 1.25 bits per heavy atom. The Bertz CT molecular complexity index is 664. The van der Waals surface area contributed by atoms with Gasteiger partial charge in [0.1, 0.15) is 5.69 Å². The van der Waals surface area contributed by atoms with Crippen LogP contribution in [0.15, 0.2) is 30.3 Å². The van der Waals surface area contributed by atoms with Crippen LogP contribution in [0.1, 0.15) is 29.8 Å². The number of carbonyl (C=O) groups excluding carboxylic acids is 1. The third kappa shape index (κ3) is 3.32. The molecule has 0 unspecified atom stereocenters. The van der Waals surface area contributed by atoms with Crippen LogP contribution >= 0.6 is 0 Å². The first-order valence-corrected chi connectivity index (χ1v) is 8.97. The van der Waals surface area contributed by atoms with E-state index in [1.54, 1.807) is 0 Å². The van der Waals surface area contributed by atoms with E-state index in [-0.39, 0.29) is 5.91 Å². The Morgan fingerprint density at radius 3 is 2.83 bits per heavy atom. The minimum Gasteiger partial charge on any atom is -0.380 e. The summed E-state index contributed by atoms with van der Waals surface area (Å²) in [6.45, 7) is 4.82. The second kappa shape index (κ2) is 6.95. The number of nitrogens with zero attached hydrogens (tertiary/aromatic N) is 1. The monoisotopic (exact) mass is 327 g/mol. The number of hydrogen-bond acceptors (Lipinski definition) is 3. The van der Waals surface area contributed by atoms with Crippen molar-refractivity contribution < 1.29 is 9.53 Å². The smallest absolute Gasteiger partial charge is 0.267 e. The number of fused-ring (bicyclic) bond motifs is 1. The van der Waals surface area contributed by atoms with Crippen LogP contribution in [0, 0.1) is 5.92 Å². The van der Waals surface area contributed by atoms with E-state index in [0.29, 0.717) is 17.7 Å². The number of para-hydroxylation sites is 1. The van der Waals surface area contributed by atoms with Crippen molar-refractivity contribution in [3.63, 3.8) is 0 Å². The summed E-state index contributed by atoms with van der Waals surface area (Å²) in [5.74, 6) is 0.578. The lowest BCUT2D eigenvalue weighted by Crippen LogP contribution is -2.44. The highest BCUT2D eigenvalue weighted by atomic mass is 16.5. The minimum atomic E-state index is -0.00202. The topological polar surface area (TPSA) is 57.4 Å². The zero-order valence-corrected chi connectivity index (χ0v) is 14.0. The normalized spacial score (nSPS) is 22.9. The van der Waals surface area contributed by atoms with Crippen LogP contribution in [-0.2, 0) is 4.74 Å². The number of benzene rings is 1. The molecule has 1 atom stereocenters. The molecular weight excluding hydrogens is 302 g/mol. The molecule has 128 valence electrons. The average Bonchev–Trinajstić information content (AvgIpc) is 3.29. The van der Waals surface area contributed by atoms with Crippen molar-refractivity contribution in [1.29, 1.82) is 0 Å². The zero-order chi connectivity index (χ0) is 16.4. The predicted molar refractivity (Wildman–Crippen MR) is 94.2 cm³/mol. The Labute approximate surface area is 142 Å². The summed E-state index contributed by atoms with van der Waals surface area (Å²) in [7, 11) is 0. The maximum Gasteiger partial charge on any atom is 0.267 e. The Hall–Kier alpha value is -1.85. The van der Waals surface area contributed by atoms with Crippen LogP contribution in [-0.4, -0.2) is 54.7 Å². The molecule has 4 rings (SSSR count). The van der Waals surface area contributed by atoms with Crippen molar-refractivity contribution in [3.8, 4) is 0 Å². The van der Waals surface area contributed by atoms with Crippen LogP contribution in [0.3, 0.4) is 0 Å². The predicted octanol–water partition coefficient (Wildman–Crippen LogP) is 2.40. The lowest BCUT2D eigenvalue weighted by molar-refractivity contribution is 0.0907. The first kappa shape index (κ1) is 15.7. The summed E-state index contributed by atoms with van der Waals surface area (Å²) in [6.07, 6.45) is 3.48. The number of H-pyrrole nitrogens is 1. The molecule has 0 spiro atoms. The Morgan fingerprint density at radius 2 is 2.08 bits per heavy atom. The van der Waals surface area contributed by atoms with E-state index in [1.165, 1.54) is 6.42 Å². The van der Waals surface area contributed by atoms with Gasteiger partial charge < -0.3 is 15.0 Å². The van der Waals surface area contributed by atoms with Gasteiger partial charge in [-0.2, -0.15) is 0 Å². The third-order valence-electron chi connectivity index (χ3n) is 5.40. The lowest BCUT2D eigenvalue weighted by Gasteiger charge is -2.35. The molecule has 0 saturated carbocycles. The van der Waals surface area contributed by atoms with Crippen LogP contribution in [0.4, 0.5) is 0 Å². The number of nitrogens with one attached hydrogen (secondary N) is 2. The summed E-state index contributed by atoms with van der Waals surface area (Å²) in [6, 6.07) is 10.5. The van der Waals surface area contributed by atoms with Gasteiger partial charge in [0.05, 0.1) is 6.61 Å². The van der Waals surface area contributed by atoms with E-state index < -0.39 is 0 Å². The summed E-state index contributed by atoms with van der Waals surface area (Å²) in [5, 5.41) is 4.18. The molecule has 3 heterocycles. The number of hydrogen-bond donors (Lipinski definition) is 2. The number of aromatic amines is 1. The number of rotatable bonds is 4. The summed E-state index contributed by atoms with van der Waals surface area (Å²) in [4.78, 5) is 18.1. The van der Waals surface area contributed by atoms with Crippen LogP contribution in [0.25, 0.3) is 10.9 Å². The van der Waals surface area contributed by atoms with Crippen molar-refractivity contribution in [1.82, 2.24) is 15.2 Å². The highest BCUT2D eigenvalue weighted by Crippen LogP contribution is 2.22. The number of carbonyl (C=O) groups is 1. The fraction of sp³-hybridized carbons (Fsp3) is 0.526. The summed E-state index contributed by atoms with van der Waals surface area (Å²) < 4.78 is 5.49. The van der Waals surface area contributed by atoms with Crippen LogP contribution in [0.5, 0.6) is 0 Å². The lowest BCUT2D eigenvalue weighted by atomic mass is 9.95. The fourth-order valence-electron chi connectivity index (χ4n) is 3.86. The van der Waals surface area contributed by atoms with Crippen molar-refractivity contribution in [2.75, 3.05) is 32.8 Å². The largest absolute Gasteiger partial charge is 0.380 e. The molecule has 1 amide bonds. The summed E-state index contributed by atoms with van der Waals surface area (Å²) in [5.41, 5.74) is 1.66. The van der Waals surface area contributed by atoms with E-state index in [2.05, 4.69) is 15.2 Å². The second-order valence-corrected chi connectivity index (χ2v) is 6.98. The zero-order valence-electron chi connectivity index (χ0n) is 14.0. The molecule has 2 aliphatic rings. The van der Waals surface area contributed by atoms with E-state index in [0.717, 1.165) is 56.6 Å². The van der Waals surface area contributed by atoms with E-state index in [4.69, 9.17) is 4.74 Å². The first-order chi connectivity index (χ1) is 11.8. The molecule has 2 saturated heterocycles. The highest BCUT2D eigenvalue weighted by molar-refractivity contribution is 5.97. The van der Waals surface area contributed by atoms with Crippen molar-refractivity contribution in [2.24, 2.45) is 5.92 Å². The van der Waals surface area contributed by atoms with E-state index in [9.17, 15) is 4.79 Å². The molecular formula is C19H25N3O2. The number of ether oxygens (including phenoxy) is 1. The van der Waals surface area contributed by atoms with Crippen molar-refractivity contribution in [3.05, 3.63) is 36.0 Å². The average molecular weight is 327 g/mol. The minimum absolute atomic E-state index is 0.00202. The molecule has 2 fully saturated rings. The Balaban J connectivity index is 1.27. The highest BCUT2D eigenvalue weighted by Gasteiger charge is 2.27. The SMILES string of the molecule is O=C(NCC1CCN([C@@H]2CCOC2)CC1)c1cc2ccccc2[nH]1. The van der Waals surface area contributed by atoms with Gasteiger partial charge in [0, 0.05) is 30.1 Å². The Kier molecular flexibility index (Phi) is 4.54.